The van der Waals surface area contributed by atoms with Gasteiger partial charge in [-0.25, -0.2) is 4.79 Å². The molecule has 0 aliphatic carbocycles. The van der Waals surface area contributed by atoms with Crippen LogP contribution in [0.4, 0.5) is 0 Å². The number of aliphatic carboxylic acids is 1. The molecule has 0 aromatic rings. The molecule has 0 saturated carbocycles. The van der Waals surface area contributed by atoms with E-state index in [0.29, 0.717) is 12.8 Å². The van der Waals surface area contributed by atoms with Crippen LogP contribution < -0.4 is 22.1 Å². The summed E-state index contributed by atoms with van der Waals surface area (Å²) in [6, 6.07) is -4.30. The third-order valence-electron chi connectivity index (χ3n) is 4.12. The number of carbonyl (C=O) groups excluding carboxylic acids is 4. The standard InChI is InChI=1S/C15H25N5O6S/c1-7(14(24)20-4-2-3-10(20)15(25)26)18-13(23)9(5-11(17)21)19-12(22)8(16)6-27/h7-10,27H,2-6,16H2,1H3,(H2,17,21)(H,18,23)(H,19,22)(H,25,26). The van der Waals surface area contributed by atoms with E-state index >= 15 is 0 Å². The van der Waals surface area contributed by atoms with Gasteiger partial charge < -0.3 is 32.1 Å². The summed E-state index contributed by atoms with van der Waals surface area (Å²) in [5.41, 5.74) is 10.6. The number of hydrogen-bond acceptors (Lipinski definition) is 7. The molecule has 1 heterocycles. The number of primary amides is 1. The number of thiol groups is 1. The van der Waals surface area contributed by atoms with E-state index in [1.165, 1.54) is 11.8 Å². The van der Waals surface area contributed by atoms with Gasteiger partial charge in [-0.2, -0.15) is 12.6 Å². The van der Waals surface area contributed by atoms with Crippen LogP contribution in [0, 0.1) is 0 Å². The van der Waals surface area contributed by atoms with Crippen LogP contribution in [0.5, 0.6) is 0 Å². The summed E-state index contributed by atoms with van der Waals surface area (Å²) >= 11 is 3.88. The van der Waals surface area contributed by atoms with E-state index < -0.39 is 60.2 Å². The summed E-state index contributed by atoms with van der Waals surface area (Å²) in [5.74, 6) is -3.99. The van der Waals surface area contributed by atoms with Gasteiger partial charge in [-0.15, -0.1) is 0 Å². The molecule has 0 spiro atoms. The van der Waals surface area contributed by atoms with Crippen LogP contribution >= 0.6 is 12.6 Å². The van der Waals surface area contributed by atoms with E-state index in [-0.39, 0.29) is 12.3 Å². The van der Waals surface area contributed by atoms with Gasteiger partial charge >= 0.3 is 5.97 Å². The first-order valence-electron chi connectivity index (χ1n) is 8.37. The van der Waals surface area contributed by atoms with E-state index in [0.717, 1.165) is 0 Å². The Bertz CT molecular complexity index is 616. The second kappa shape index (κ2) is 10.1. The first-order chi connectivity index (χ1) is 12.6. The lowest BCUT2D eigenvalue weighted by Crippen LogP contribution is -2.57. The minimum Gasteiger partial charge on any atom is -0.480 e. The molecule has 11 nitrogen and oxygen atoms in total. The molecule has 4 amide bonds. The zero-order valence-electron chi connectivity index (χ0n) is 14.9. The number of carboxylic acid groups (broad SMARTS) is 1. The van der Waals surface area contributed by atoms with Crippen molar-refractivity contribution in [2.24, 2.45) is 11.5 Å². The van der Waals surface area contributed by atoms with Gasteiger partial charge in [0, 0.05) is 12.3 Å². The Morgan fingerprint density at radius 1 is 1.22 bits per heavy atom. The molecule has 27 heavy (non-hydrogen) atoms. The number of hydrogen-bond donors (Lipinski definition) is 6. The molecule has 0 bridgehead atoms. The Kier molecular flexibility index (Phi) is 8.50. The second-order valence-corrected chi connectivity index (χ2v) is 6.64. The van der Waals surface area contributed by atoms with Crippen LogP contribution in [-0.2, 0) is 24.0 Å². The number of likely N-dealkylation sites (tertiary alicyclic amines) is 1. The molecule has 1 saturated heterocycles. The van der Waals surface area contributed by atoms with E-state index in [1.54, 1.807) is 0 Å². The number of carbonyl (C=O) groups is 5. The van der Waals surface area contributed by atoms with Crippen molar-refractivity contribution in [3.8, 4) is 0 Å². The Morgan fingerprint density at radius 2 is 1.85 bits per heavy atom. The minimum absolute atomic E-state index is 0.0250. The molecule has 152 valence electrons. The zero-order chi connectivity index (χ0) is 20.7. The topological polar surface area (TPSA) is 185 Å². The van der Waals surface area contributed by atoms with Crippen LogP contribution in [0.25, 0.3) is 0 Å². The quantitative estimate of drug-likeness (QED) is 0.224. The molecule has 4 unspecified atom stereocenters. The van der Waals surface area contributed by atoms with Gasteiger partial charge in [0.25, 0.3) is 0 Å². The Labute approximate surface area is 161 Å². The van der Waals surface area contributed by atoms with Crippen LogP contribution in [0.3, 0.4) is 0 Å². The van der Waals surface area contributed by atoms with Crippen LogP contribution in [0.15, 0.2) is 0 Å². The molecule has 1 rings (SSSR count). The van der Waals surface area contributed by atoms with Crippen LogP contribution in [0.2, 0.25) is 0 Å². The summed E-state index contributed by atoms with van der Waals surface area (Å²) in [7, 11) is 0. The predicted molar refractivity (Wildman–Crippen MR) is 97.5 cm³/mol. The highest BCUT2D eigenvalue weighted by Gasteiger charge is 2.37. The summed E-state index contributed by atoms with van der Waals surface area (Å²) < 4.78 is 0. The molecule has 0 radical (unpaired) electrons. The number of nitrogens with zero attached hydrogens (tertiary/aromatic N) is 1. The van der Waals surface area contributed by atoms with Crippen molar-refractivity contribution >= 4 is 42.2 Å². The third-order valence-corrected chi connectivity index (χ3v) is 4.52. The van der Waals surface area contributed by atoms with Gasteiger partial charge in [0.05, 0.1) is 12.5 Å². The molecule has 4 atom stereocenters. The maximum atomic E-state index is 12.5. The Balaban J connectivity index is 2.78. The van der Waals surface area contributed by atoms with Crippen molar-refractivity contribution in [1.29, 1.82) is 0 Å². The first kappa shape index (κ1) is 22.7. The Hall–Kier alpha value is -2.34. The maximum Gasteiger partial charge on any atom is 0.326 e. The lowest BCUT2D eigenvalue weighted by Gasteiger charge is -2.26. The van der Waals surface area contributed by atoms with E-state index in [4.69, 9.17) is 16.6 Å². The summed E-state index contributed by atoms with van der Waals surface area (Å²) in [6.45, 7) is 1.66. The van der Waals surface area contributed by atoms with Crippen LogP contribution in [-0.4, -0.2) is 76.1 Å². The lowest BCUT2D eigenvalue weighted by atomic mass is 10.1. The monoisotopic (exact) mass is 403 g/mol. The molecule has 12 heteroatoms. The summed E-state index contributed by atoms with van der Waals surface area (Å²) in [5, 5.41) is 13.8. The van der Waals surface area contributed by atoms with Crippen LogP contribution in [0.1, 0.15) is 26.2 Å². The number of rotatable bonds is 9. The average Bonchev–Trinajstić information content (AvgIpc) is 3.08. The van der Waals surface area contributed by atoms with Crippen molar-refractivity contribution < 1.29 is 29.1 Å². The van der Waals surface area contributed by atoms with Gasteiger partial charge in [0.15, 0.2) is 0 Å². The summed E-state index contributed by atoms with van der Waals surface area (Å²) in [6.07, 6.45) is 0.397. The molecule has 0 aromatic heterocycles. The predicted octanol–water partition coefficient (Wildman–Crippen LogP) is -2.82. The molecule has 7 N–H and O–H groups in total. The van der Waals surface area contributed by atoms with E-state index in [1.807, 2.05) is 0 Å². The van der Waals surface area contributed by atoms with Gasteiger partial charge in [-0.05, 0) is 19.8 Å². The fourth-order valence-electron chi connectivity index (χ4n) is 2.68. The second-order valence-electron chi connectivity index (χ2n) is 6.28. The molecule has 1 fully saturated rings. The van der Waals surface area contributed by atoms with Crippen molar-refractivity contribution in [2.45, 2.75) is 50.4 Å². The van der Waals surface area contributed by atoms with Gasteiger partial charge in [-0.3, -0.25) is 19.2 Å². The lowest BCUT2D eigenvalue weighted by molar-refractivity contribution is -0.149. The number of nitrogens with two attached hydrogens (primary N) is 2. The molecule has 1 aliphatic heterocycles. The molecular weight excluding hydrogens is 378 g/mol. The average molecular weight is 403 g/mol. The van der Waals surface area contributed by atoms with Gasteiger partial charge in [0.2, 0.25) is 23.6 Å². The molecule has 0 aromatic carbocycles. The van der Waals surface area contributed by atoms with Crippen molar-refractivity contribution in [1.82, 2.24) is 15.5 Å². The molecular formula is C15H25N5O6S. The normalized spacial score (nSPS) is 19.7. The van der Waals surface area contributed by atoms with Gasteiger partial charge in [-0.1, -0.05) is 0 Å². The Morgan fingerprint density at radius 3 is 2.37 bits per heavy atom. The number of nitrogens with one attached hydrogen (secondary N) is 2. The molecule has 1 aliphatic rings. The highest BCUT2D eigenvalue weighted by molar-refractivity contribution is 7.80. The van der Waals surface area contributed by atoms with Crippen molar-refractivity contribution in [3.05, 3.63) is 0 Å². The van der Waals surface area contributed by atoms with E-state index in [2.05, 4.69) is 23.3 Å². The van der Waals surface area contributed by atoms with Crippen molar-refractivity contribution in [2.75, 3.05) is 12.3 Å². The SMILES string of the molecule is CC(NC(=O)C(CC(N)=O)NC(=O)C(N)CS)C(=O)N1CCCC1C(=O)O. The highest BCUT2D eigenvalue weighted by Crippen LogP contribution is 2.18. The maximum absolute atomic E-state index is 12.5. The summed E-state index contributed by atoms with van der Waals surface area (Å²) in [4.78, 5) is 60.3. The van der Waals surface area contributed by atoms with Crippen molar-refractivity contribution in [3.63, 3.8) is 0 Å². The third kappa shape index (κ3) is 6.40. The fraction of sp³-hybridized carbons (Fsp3) is 0.667. The van der Waals surface area contributed by atoms with E-state index in [9.17, 15) is 24.0 Å². The van der Waals surface area contributed by atoms with Gasteiger partial charge in [0.1, 0.15) is 18.1 Å². The highest BCUT2D eigenvalue weighted by atomic mass is 32.1. The smallest absolute Gasteiger partial charge is 0.326 e. The number of carboxylic acids is 1. The minimum atomic E-state index is -1.31. The zero-order valence-corrected chi connectivity index (χ0v) is 15.8. The largest absolute Gasteiger partial charge is 0.480 e. The first-order valence-corrected chi connectivity index (χ1v) is 9.00. The fourth-order valence-corrected chi connectivity index (χ4v) is 2.85. The number of amides is 4.